The second kappa shape index (κ2) is 5.10. The first-order valence-electron chi connectivity index (χ1n) is 7.76. The lowest BCUT2D eigenvalue weighted by molar-refractivity contribution is 1.04. The van der Waals surface area contributed by atoms with Crippen LogP contribution in [0, 0.1) is 13.8 Å². The molecule has 0 fully saturated rings. The van der Waals surface area contributed by atoms with Crippen molar-refractivity contribution in [2.45, 2.75) is 13.8 Å². The maximum Gasteiger partial charge on any atom is 0.255 e. The number of rotatable bonds is 1. The molecule has 0 amide bonds. The van der Waals surface area contributed by atoms with Gasteiger partial charge in [-0.1, -0.05) is 54.1 Å². The van der Waals surface area contributed by atoms with Crippen molar-refractivity contribution >= 4 is 21.7 Å². The highest BCUT2D eigenvalue weighted by Gasteiger charge is 2.11. The van der Waals surface area contributed by atoms with Crippen LogP contribution < -0.4 is 5.56 Å². The van der Waals surface area contributed by atoms with Gasteiger partial charge in [0.05, 0.1) is 5.52 Å². The highest BCUT2D eigenvalue weighted by atomic mass is 16.1. The molecule has 0 aliphatic rings. The van der Waals surface area contributed by atoms with Gasteiger partial charge < -0.3 is 0 Å². The van der Waals surface area contributed by atoms with E-state index >= 15 is 0 Å². The Kier molecular flexibility index (Phi) is 3.05. The van der Waals surface area contributed by atoms with E-state index in [2.05, 4.69) is 31.2 Å². The van der Waals surface area contributed by atoms with Crippen LogP contribution in [0.25, 0.3) is 27.4 Å². The molecule has 0 aliphatic carbocycles. The highest BCUT2D eigenvalue weighted by molar-refractivity contribution is 6.07. The van der Waals surface area contributed by atoms with Gasteiger partial charge in [0.25, 0.3) is 5.56 Å². The summed E-state index contributed by atoms with van der Waals surface area (Å²) in [4.78, 5) is 12.7. The van der Waals surface area contributed by atoms with Crippen LogP contribution in [0.1, 0.15) is 11.1 Å². The highest BCUT2D eigenvalue weighted by Crippen LogP contribution is 2.28. The smallest absolute Gasteiger partial charge is 0.255 e. The molecule has 2 nitrogen and oxygen atoms in total. The van der Waals surface area contributed by atoms with Crippen molar-refractivity contribution < 1.29 is 0 Å². The molecule has 0 aliphatic heterocycles. The van der Waals surface area contributed by atoms with Crippen LogP contribution in [-0.4, -0.2) is 4.57 Å². The van der Waals surface area contributed by atoms with Crippen molar-refractivity contribution in [2.24, 2.45) is 0 Å². The summed E-state index contributed by atoms with van der Waals surface area (Å²) in [6.45, 7) is 4.05. The summed E-state index contributed by atoms with van der Waals surface area (Å²) < 4.78 is 1.82. The number of hydrogen-bond donors (Lipinski definition) is 0. The Labute approximate surface area is 134 Å². The summed E-state index contributed by atoms with van der Waals surface area (Å²) in [5, 5.41) is 3.36. The monoisotopic (exact) mass is 299 g/mol. The quantitative estimate of drug-likeness (QED) is 0.464. The number of hydrogen-bond acceptors (Lipinski definition) is 1. The van der Waals surface area contributed by atoms with Crippen LogP contribution in [0.5, 0.6) is 0 Å². The summed E-state index contributed by atoms with van der Waals surface area (Å²) in [6, 6.07) is 22.3. The van der Waals surface area contributed by atoms with Gasteiger partial charge in [-0.3, -0.25) is 9.36 Å². The van der Waals surface area contributed by atoms with Crippen molar-refractivity contribution in [3.05, 3.63) is 88.2 Å². The van der Waals surface area contributed by atoms with E-state index in [9.17, 15) is 4.79 Å². The van der Waals surface area contributed by atoms with Gasteiger partial charge in [-0.05, 0) is 36.9 Å². The SMILES string of the molecule is Cc1ccc(-n2c(=O)cc(C)c3ccc4ccccc4c32)cc1. The lowest BCUT2D eigenvalue weighted by Gasteiger charge is -2.14. The first-order chi connectivity index (χ1) is 11.1. The minimum Gasteiger partial charge on any atom is -0.276 e. The molecule has 0 unspecified atom stereocenters. The van der Waals surface area contributed by atoms with Crippen LogP contribution >= 0.6 is 0 Å². The van der Waals surface area contributed by atoms with Gasteiger partial charge in [0.15, 0.2) is 0 Å². The topological polar surface area (TPSA) is 22.0 Å². The third-order valence-corrected chi connectivity index (χ3v) is 4.40. The molecule has 0 atom stereocenters. The predicted molar refractivity (Wildman–Crippen MR) is 96.5 cm³/mol. The molecule has 1 heterocycles. The molecule has 4 aromatic rings. The minimum atomic E-state index is 0.00945. The van der Waals surface area contributed by atoms with E-state index in [1.807, 2.05) is 47.9 Å². The summed E-state index contributed by atoms with van der Waals surface area (Å²) in [5.41, 5.74) is 4.09. The third-order valence-electron chi connectivity index (χ3n) is 4.40. The molecular weight excluding hydrogens is 282 g/mol. The molecule has 0 saturated heterocycles. The molecule has 0 N–H and O–H groups in total. The molecule has 0 saturated carbocycles. The molecular formula is C21H17NO. The zero-order valence-corrected chi connectivity index (χ0v) is 13.2. The third kappa shape index (κ3) is 2.15. The van der Waals surface area contributed by atoms with Crippen molar-refractivity contribution in [1.29, 1.82) is 0 Å². The number of fused-ring (bicyclic) bond motifs is 3. The van der Waals surface area contributed by atoms with Gasteiger partial charge in [0.2, 0.25) is 0 Å². The van der Waals surface area contributed by atoms with Crippen LogP contribution in [-0.2, 0) is 0 Å². The molecule has 0 bridgehead atoms. The van der Waals surface area contributed by atoms with E-state index in [1.165, 1.54) is 5.56 Å². The molecule has 3 aromatic carbocycles. The van der Waals surface area contributed by atoms with E-state index in [0.717, 1.165) is 32.9 Å². The average molecular weight is 299 g/mol. The van der Waals surface area contributed by atoms with Crippen LogP contribution in [0.2, 0.25) is 0 Å². The maximum atomic E-state index is 12.7. The first-order valence-corrected chi connectivity index (χ1v) is 7.76. The lowest BCUT2D eigenvalue weighted by atomic mass is 10.0. The molecule has 23 heavy (non-hydrogen) atoms. The van der Waals surface area contributed by atoms with Gasteiger partial charge in [-0.15, -0.1) is 0 Å². The van der Waals surface area contributed by atoms with Crippen LogP contribution in [0.15, 0.2) is 71.5 Å². The Morgan fingerprint density at radius 3 is 2.30 bits per heavy atom. The van der Waals surface area contributed by atoms with Gasteiger partial charge in [0, 0.05) is 22.5 Å². The zero-order valence-electron chi connectivity index (χ0n) is 13.2. The normalized spacial score (nSPS) is 11.2. The average Bonchev–Trinajstić information content (AvgIpc) is 2.56. The van der Waals surface area contributed by atoms with Crippen LogP contribution in [0.4, 0.5) is 0 Å². The zero-order chi connectivity index (χ0) is 16.0. The second-order valence-electron chi connectivity index (χ2n) is 6.02. The lowest BCUT2D eigenvalue weighted by Crippen LogP contribution is -2.18. The molecule has 2 heteroatoms. The van der Waals surface area contributed by atoms with Gasteiger partial charge in [-0.2, -0.15) is 0 Å². The summed E-state index contributed by atoms with van der Waals surface area (Å²) in [6.07, 6.45) is 0. The molecule has 4 rings (SSSR count). The fourth-order valence-corrected chi connectivity index (χ4v) is 3.20. The fraction of sp³-hybridized carbons (Fsp3) is 0.0952. The standard InChI is InChI=1S/C21H17NO/c1-14-7-10-17(11-8-14)22-20(23)13-15(2)18-12-9-16-5-3-4-6-19(16)21(18)22/h3-13H,1-2H3. The van der Waals surface area contributed by atoms with Crippen molar-refractivity contribution in [2.75, 3.05) is 0 Å². The Balaban J connectivity index is 2.24. The van der Waals surface area contributed by atoms with E-state index in [0.29, 0.717) is 0 Å². The number of benzene rings is 3. The summed E-state index contributed by atoms with van der Waals surface area (Å²) in [5.74, 6) is 0. The summed E-state index contributed by atoms with van der Waals surface area (Å²) >= 11 is 0. The Hall–Kier alpha value is -2.87. The van der Waals surface area contributed by atoms with Crippen molar-refractivity contribution in [1.82, 2.24) is 4.57 Å². The molecule has 1 aromatic heterocycles. The van der Waals surface area contributed by atoms with E-state index < -0.39 is 0 Å². The number of aromatic nitrogens is 1. The van der Waals surface area contributed by atoms with Crippen molar-refractivity contribution in [3.8, 4) is 5.69 Å². The molecule has 112 valence electrons. The van der Waals surface area contributed by atoms with Gasteiger partial charge >= 0.3 is 0 Å². The van der Waals surface area contributed by atoms with Crippen LogP contribution in [0.3, 0.4) is 0 Å². The van der Waals surface area contributed by atoms with Gasteiger partial charge in [0.1, 0.15) is 0 Å². The Bertz CT molecular complexity index is 1090. The first kappa shape index (κ1) is 13.8. The van der Waals surface area contributed by atoms with Crippen molar-refractivity contribution in [3.63, 3.8) is 0 Å². The number of aryl methyl sites for hydroxylation is 2. The minimum absolute atomic E-state index is 0.00945. The second-order valence-corrected chi connectivity index (χ2v) is 6.02. The van der Waals surface area contributed by atoms with E-state index in [-0.39, 0.29) is 5.56 Å². The largest absolute Gasteiger partial charge is 0.276 e. The maximum absolute atomic E-state index is 12.7. The van der Waals surface area contributed by atoms with Gasteiger partial charge in [-0.25, -0.2) is 0 Å². The predicted octanol–water partition coefficient (Wildman–Crippen LogP) is 4.76. The summed E-state index contributed by atoms with van der Waals surface area (Å²) in [7, 11) is 0. The number of pyridine rings is 1. The Morgan fingerprint density at radius 2 is 1.52 bits per heavy atom. The fourth-order valence-electron chi connectivity index (χ4n) is 3.20. The Morgan fingerprint density at radius 1 is 0.783 bits per heavy atom. The molecule has 0 radical (unpaired) electrons. The number of nitrogens with zero attached hydrogens (tertiary/aromatic N) is 1. The van der Waals surface area contributed by atoms with E-state index in [1.54, 1.807) is 6.07 Å². The van der Waals surface area contributed by atoms with E-state index in [4.69, 9.17) is 0 Å². The molecule has 0 spiro atoms.